The highest BCUT2D eigenvalue weighted by Gasteiger charge is 2.32. The lowest BCUT2D eigenvalue weighted by molar-refractivity contribution is -0.385. The van der Waals surface area contributed by atoms with Crippen LogP contribution in [0.1, 0.15) is 80.2 Å². The lowest BCUT2D eigenvalue weighted by Gasteiger charge is -2.37. The van der Waals surface area contributed by atoms with Gasteiger partial charge in [-0.25, -0.2) is 10.0 Å². The molecule has 0 aromatic heterocycles. The third-order valence-electron chi connectivity index (χ3n) is 5.37. The minimum absolute atomic E-state index is 0.0460. The summed E-state index contributed by atoms with van der Waals surface area (Å²) in [7, 11) is 0. The zero-order valence-electron chi connectivity index (χ0n) is 19.7. The molecule has 1 atom stereocenters. The average molecular weight is 440 g/mol. The van der Waals surface area contributed by atoms with Crippen LogP contribution >= 0.6 is 0 Å². The summed E-state index contributed by atoms with van der Waals surface area (Å²) >= 11 is 0. The van der Waals surface area contributed by atoms with Gasteiger partial charge in [0.25, 0.3) is 17.5 Å². The number of carbonyl (C=O) groups excluding carboxylic acids is 2. The molecule has 0 saturated carbocycles. The van der Waals surface area contributed by atoms with Crippen LogP contribution < -0.4 is 0 Å². The Kier molecular flexibility index (Phi) is 8.52. The van der Waals surface area contributed by atoms with Crippen molar-refractivity contribution in [3.8, 4) is 0 Å². The Morgan fingerprint density at radius 2 is 1.53 bits per heavy atom. The monoisotopic (exact) mass is 439 g/mol. The van der Waals surface area contributed by atoms with Gasteiger partial charge < -0.3 is 0 Å². The molecule has 0 aliphatic carbocycles. The second kappa shape index (κ2) is 10.9. The third kappa shape index (κ3) is 5.72. The Bertz CT molecular complexity index is 954. The van der Waals surface area contributed by atoms with E-state index in [9.17, 15) is 19.7 Å². The zero-order valence-corrected chi connectivity index (χ0v) is 19.7. The van der Waals surface area contributed by atoms with E-state index in [0.29, 0.717) is 17.4 Å². The lowest BCUT2D eigenvalue weighted by Crippen LogP contribution is -2.53. The first-order valence-electron chi connectivity index (χ1n) is 11.1. The molecule has 1 unspecified atom stereocenters. The fourth-order valence-electron chi connectivity index (χ4n) is 3.90. The fourth-order valence-corrected chi connectivity index (χ4v) is 3.90. The molecule has 0 aliphatic heterocycles. The van der Waals surface area contributed by atoms with E-state index in [1.54, 1.807) is 39.0 Å². The molecule has 172 valence electrons. The summed E-state index contributed by atoms with van der Waals surface area (Å²) in [5.41, 5.74) is 1.30. The van der Waals surface area contributed by atoms with Gasteiger partial charge in [0.1, 0.15) is 5.56 Å². The van der Waals surface area contributed by atoms with Crippen LogP contribution in [0.2, 0.25) is 0 Å². The molecular formula is C25H33N3O4. The second-order valence-corrected chi connectivity index (χ2v) is 8.69. The van der Waals surface area contributed by atoms with Crippen LogP contribution in [0.15, 0.2) is 48.5 Å². The third-order valence-corrected chi connectivity index (χ3v) is 5.37. The molecule has 2 rings (SSSR count). The van der Waals surface area contributed by atoms with E-state index in [0.717, 1.165) is 12.0 Å². The first-order chi connectivity index (χ1) is 15.1. The minimum Gasteiger partial charge on any atom is -0.267 e. The standard InChI is InChI=1S/C25H33N3O4/c1-7-26(24(29)21-14-12-20(13-15-21)19(6)16-17(2)3)27(18(4)5)25(30)22-10-8-9-11-23(22)28(31)32/h8-15,17-19H,7,16H2,1-6H3. The van der Waals surface area contributed by atoms with Crippen molar-refractivity contribution in [3.63, 3.8) is 0 Å². The number of nitro benzene ring substituents is 1. The number of hydrogen-bond donors (Lipinski definition) is 0. The van der Waals surface area contributed by atoms with Gasteiger partial charge in [0.15, 0.2) is 0 Å². The maximum Gasteiger partial charge on any atom is 0.282 e. The number of nitro groups is 1. The summed E-state index contributed by atoms with van der Waals surface area (Å²) in [5, 5.41) is 14.1. The second-order valence-electron chi connectivity index (χ2n) is 8.69. The topological polar surface area (TPSA) is 83.8 Å². The lowest BCUT2D eigenvalue weighted by atomic mass is 9.91. The normalized spacial score (nSPS) is 12.0. The molecule has 0 spiro atoms. The number of benzene rings is 2. The summed E-state index contributed by atoms with van der Waals surface area (Å²) in [6.07, 6.45) is 1.06. The van der Waals surface area contributed by atoms with Gasteiger partial charge >= 0.3 is 0 Å². The van der Waals surface area contributed by atoms with E-state index in [-0.39, 0.29) is 29.7 Å². The van der Waals surface area contributed by atoms with Gasteiger partial charge in [-0.15, -0.1) is 0 Å². The summed E-state index contributed by atoms with van der Waals surface area (Å²) in [6, 6.07) is 12.9. The van der Waals surface area contributed by atoms with E-state index < -0.39 is 10.8 Å². The van der Waals surface area contributed by atoms with Crippen LogP contribution in [0, 0.1) is 16.0 Å². The van der Waals surface area contributed by atoms with E-state index in [2.05, 4.69) is 20.8 Å². The minimum atomic E-state index is -0.582. The molecule has 0 radical (unpaired) electrons. The van der Waals surface area contributed by atoms with E-state index >= 15 is 0 Å². The molecule has 2 amide bonds. The van der Waals surface area contributed by atoms with Gasteiger partial charge in [-0.05, 0) is 62.8 Å². The van der Waals surface area contributed by atoms with Crippen LogP contribution in [0.4, 0.5) is 5.69 Å². The maximum atomic E-state index is 13.3. The Morgan fingerprint density at radius 3 is 2.03 bits per heavy atom. The van der Waals surface area contributed by atoms with Crippen molar-refractivity contribution in [3.05, 3.63) is 75.3 Å². The Morgan fingerprint density at radius 1 is 0.938 bits per heavy atom. The molecule has 0 heterocycles. The largest absolute Gasteiger partial charge is 0.282 e. The van der Waals surface area contributed by atoms with Crippen molar-refractivity contribution in [2.75, 3.05) is 6.54 Å². The molecule has 0 saturated heterocycles. The summed E-state index contributed by atoms with van der Waals surface area (Å²) in [6.45, 7) is 12.1. The van der Waals surface area contributed by atoms with Crippen LogP contribution in [-0.2, 0) is 0 Å². The number of amides is 2. The van der Waals surface area contributed by atoms with Crippen molar-refractivity contribution in [1.82, 2.24) is 10.0 Å². The highest BCUT2D eigenvalue weighted by molar-refractivity contribution is 6.01. The number of nitrogens with zero attached hydrogens (tertiary/aromatic N) is 3. The number of hydrogen-bond acceptors (Lipinski definition) is 4. The maximum absolute atomic E-state index is 13.3. The van der Waals surface area contributed by atoms with Gasteiger partial charge in [-0.3, -0.25) is 19.7 Å². The number of para-hydroxylation sites is 1. The number of rotatable bonds is 8. The first kappa shape index (κ1) is 25.0. The zero-order chi connectivity index (χ0) is 24.0. The van der Waals surface area contributed by atoms with Crippen LogP contribution in [0.5, 0.6) is 0 Å². The van der Waals surface area contributed by atoms with Crippen molar-refractivity contribution >= 4 is 17.5 Å². The van der Waals surface area contributed by atoms with E-state index in [1.165, 1.54) is 28.2 Å². The van der Waals surface area contributed by atoms with E-state index in [4.69, 9.17) is 0 Å². The summed E-state index contributed by atoms with van der Waals surface area (Å²) in [4.78, 5) is 37.5. The van der Waals surface area contributed by atoms with Crippen LogP contribution in [-0.4, -0.2) is 39.3 Å². The van der Waals surface area contributed by atoms with Gasteiger partial charge in [0, 0.05) is 24.2 Å². The molecule has 32 heavy (non-hydrogen) atoms. The number of carbonyl (C=O) groups is 2. The smallest absolute Gasteiger partial charge is 0.267 e. The molecule has 2 aromatic rings. The molecule has 7 heteroatoms. The predicted octanol–water partition coefficient (Wildman–Crippen LogP) is 5.67. The van der Waals surface area contributed by atoms with Gasteiger partial charge in [0.05, 0.1) is 4.92 Å². The number of hydrazine groups is 1. The fraction of sp³-hybridized carbons (Fsp3) is 0.440. The summed E-state index contributed by atoms with van der Waals surface area (Å²) in [5.74, 6) is 0.0595. The van der Waals surface area contributed by atoms with Crippen molar-refractivity contribution in [2.24, 2.45) is 5.92 Å². The molecule has 0 N–H and O–H groups in total. The Labute approximate surface area is 190 Å². The van der Waals surface area contributed by atoms with Gasteiger partial charge in [-0.1, -0.05) is 45.0 Å². The van der Waals surface area contributed by atoms with Gasteiger partial charge in [0.2, 0.25) is 0 Å². The molecular weight excluding hydrogens is 406 g/mol. The average Bonchev–Trinajstić information content (AvgIpc) is 2.75. The predicted molar refractivity (Wildman–Crippen MR) is 125 cm³/mol. The first-order valence-corrected chi connectivity index (χ1v) is 11.1. The Hall–Kier alpha value is -3.22. The molecule has 7 nitrogen and oxygen atoms in total. The SMILES string of the molecule is CCN(C(=O)c1ccc(C(C)CC(C)C)cc1)N(C(=O)c1ccccc1[N+](=O)[O-])C(C)C. The molecule has 0 bridgehead atoms. The van der Waals surface area contributed by atoms with Crippen molar-refractivity contribution < 1.29 is 14.5 Å². The van der Waals surface area contributed by atoms with E-state index in [1.807, 2.05) is 12.1 Å². The highest BCUT2D eigenvalue weighted by atomic mass is 16.6. The van der Waals surface area contributed by atoms with Crippen LogP contribution in [0.25, 0.3) is 0 Å². The highest BCUT2D eigenvalue weighted by Crippen LogP contribution is 2.25. The van der Waals surface area contributed by atoms with Crippen molar-refractivity contribution in [1.29, 1.82) is 0 Å². The van der Waals surface area contributed by atoms with Gasteiger partial charge in [-0.2, -0.15) is 0 Å². The molecule has 0 aliphatic rings. The summed E-state index contributed by atoms with van der Waals surface area (Å²) < 4.78 is 0. The van der Waals surface area contributed by atoms with Crippen LogP contribution in [0.3, 0.4) is 0 Å². The van der Waals surface area contributed by atoms with Crippen molar-refractivity contribution in [2.45, 2.75) is 59.9 Å². The quantitative estimate of drug-likeness (QED) is 0.392. The molecule has 2 aromatic carbocycles. The molecule has 0 fully saturated rings. The Balaban J connectivity index is 2.36.